The lowest BCUT2D eigenvalue weighted by atomic mass is 10.0. The number of benzene rings is 2. The van der Waals surface area contributed by atoms with Crippen molar-refractivity contribution in [2.24, 2.45) is 5.73 Å². The van der Waals surface area contributed by atoms with Gasteiger partial charge in [-0.2, -0.15) is 0 Å². The van der Waals surface area contributed by atoms with Crippen molar-refractivity contribution in [3.8, 4) is 5.75 Å². The van der Waals surface area contributed by atoms with Crippen LogP contribution in [0, 0.1) is 6.92 Å². The highest BCUT2D eigenvalue weighted by atomic mass is 16.5. The van der Waals surface area contributed by atoms with Gasteiger partial charge in [-0.15, -0.1) is 0 Å². The smallest absolute Gasteiger partial charge is 0.193 e. The zero-order chi connectivity index (χ0) is 13.7. The molecule has 0 atom stereocenters. The molecule has 0 aliphatic heterocycles. The molecule has 0 saturated heterocycles. The number of ketones is 1. The molecule has 2 aromatic rings. The van der Waals surface area contributed by atoms with Gasteiger partial charge >= 0.3 is 0 Å². The molecule has 0 aliphatic rings. The Bertz CT molecular complexity index is 561. The summed E-state index contributed by atoms with van der Waals surface area (Å²) in [6, 6.07) is 14.7. The third-order valence-electron chi connectivity index (χ3n) is 2.78. The van der Waals surface area contributed by atoms with Crippen molar-refractivity contribution in [2.45, 2.75) is 6.92 Å². The van der Waals surface area contributed by atoms with Gasteiger partial charge in [0.2, 0.25) is 0 Å². The van der Waals surface area contributed by atoms with Gasteiger partial charge in [0.1, 0.15) is 12.4 Å². The summed E-state index contributed by atoms with van der Waals surface area (Å²) in [7, 11) is 0. The van der Waals surface area contributed by atoms with E-state index in [1.54, 1.807) is 24.3 Å². The van der Waals surface area contributed by atoms with E-state index in [2.05, 4.69) is 0 Å². The quantitative estimate of drug-likeness (QED) is 0.835. The highest BCUT2D eigenvalue weighted by Gasteiger charge is 2.08. The zero-order valence-electron chi connectivity index (χ0n) is 10.9. The third-order valence-corrected chi connectivity index (χ3v) is 2.78. The maximum atomic E-state index is 12.3. The van der Waals surface area contributed by atoms with Gasteiger partial charge in [-0.3, -0.25) is 4.79 Å². The van der Waals surface area contributed by atoms with Crippen molar-refractivity contribution in [3.63, 3.8) is 0 Å². The Balaban J connectivity index is 2.15. The van der Waals surface area contributed by atoms with Gasteiger partial charge in [-0.1, -0.05) is 23.8 Å². The SMILES string of the molecule is Cc1cccc(C(=O)c2ccc(OCCN)cc2)c1. The molecule has 0 spiro atoms. The summed E-state index contributed by atoms with van der Waals surface area (Å²) in [5.41, 5.74) is 7.81. The first kappa shape index (κ1) is 13.3. The molecule has 0 amide bonds. The number of carbonyl (C=O) groups is 1. The third kappa shape index (κ3) is 3.42. The van der Waals surface area contributed by atoms with E-state index in [-0.39, 0.29) is 5.78 Å². The molecular formula is C16H17NO2. The van der Waals surface area contributed by atoms with Crippen molar-refractivity contribution in [1.29, 1.82) is 0 Å². The predicted octanol–water partition coefficient (Wildman–Crippen LogP) is 2.56. The van der Waals surface area contributed by atoms with Crippen molar-refractivity contribution in [1.82, 2.24) is 0 Å². The van der Waals surface area contributed by atoms with Crippen LogP contribution >= 0.6 is 0 Å². The van der Waals surface area contributed by atoms with Gasteiger partial charge in [0.25, 0.3) is 0 Å². The first-order valence-corrected chi connectivity index (χ1v) is 6.25. The largest absolute Gasteiger partial charge is 0.492 e. The van der Waals surface area contributed by atoms with Gasteiger partial charge in [0.05, 0.1) is 0 Å². The standard InChI is InChI=1S/C16H17NO2/c1-12-3-2-4-14(11-12)16(18)13-5-7-15(8-6-13)19-10-9-17/h2-8,11H,9-10,17H2,1H3. The second-order valence-corrected chi connectivity index (χ2v) is 4.36. The molecule has 0 radical (unpaired) electrons. The molecule has 2 N–H and O–H groups in total. The first-order valence-electron chi connectivity index (χ1n) is 6.25. The maximum Gasteiger partial charge on any atom is 0.193 e. The second kappa shape index (κ2) is 6.16. The zero-order valence-corrected chi connectivity index (χ0v) is 10.9. The van der Waals surface area contributed by atoms with E-state index in [1.807, 2.05) is 31.2 Å². The minimum absolute atomic E-state index is 0.0223. The van der Waals surface area contributed by atoms with Crippen molar-refractivity contribution < 1.29 is 9.53 Å². The molecule has 3 nitrogen and oxygen atoms in total. The Labute approximate surface area is 113 Å². The van der Waals surface area contributed by atoms with E-state index in [4.69, 9.17) is 10.5 Å². The topological polar surface area (TPSA) is 52.3 Å². The number of carbonyl (C=O) groups excluding carboxylic acids is 1. The van der Waals surface area contributed by atoms with E-state index in [9.17, 15) is 4.79 Å². The fraction of sp³-hybridized carbons (Fsp3) is 0.188. The van der Waals surface area contributed by atoms with E-state index >= 15 is 0 Å². The molecule has 0 unspecified atom stereocenters. The molecule has 0 fully saturated rings. The van der Waals surface area contributed by atoms with Crippen LogP contribution in [0.3, 0.4) is 0 Å². The van der Waals surface area contributed by atoms with Crippen LogP contribution in [0.4, 0.5) is 0 Å². The highest BCUT2D eigenvalue weighted by molar-refractivity contribution is 6.09. The lowest BCUT2D eigenvalue weighted by molar-refractivity contribution is 0.103. The number of ether oxygens (including phenoxy) is 1. The number of nitrogens with two attached hydrogens (primary N) is 1. The molecule has 0 bridgehead atoms. The molecule has 0 heterocycles. The molecule has 0 aliphatic carbocycles. The summed E-state index contributed by atoms with van der Waals surface area (Å²) < 4.78 is 5.38. The minimum Gasteiger partial charge on any atom is -0.492 e. The highest BCUT2D eigenvalue weighted by Crippen LogP contribution is 2.16. The molecule has 3 heteroatoms. The summed E-state index contributed by atoms with van der Waals surface area (Å²) in [4.78, 5) is 12.3. The van der Waals surface area contributed by atoms with Crippen LogP contribution < -0.4 is 10.5 Å². The monoisotopic (exact) mass is 255 g/mol. The summed E-state index contributed by atoms with van der Waals surface area (Å²) in [5, 5.41) is 0. The van der Waals surface area contributed by atoms with Gasteiger partial charge in [0.15, 0.2) is 5.78 Å². The van der Waals surface area contributed by atoms with E-state index < -0.39 is 0 Å². The minimum atomic E-state index is 0.0223. The normalized spacial score (nSPS) is 10.2. The molecular weight excluding hydrogens is 238 g/mol. The van der Waals surface area contributed by atoms with Crippen LogP contribution in [0.2, 0.25) is 0 Å². The average molecular weight is 255 g/mol. The van der Waals surface area contributed by atoms with Crippen LogP contribution in [-0.2, 0) is 0 Å². The number of rotatable bonds is 5. The average Bonchev–Trinajstić information content (AvgIpc) is 2.45. The van der Waals surface area contributed by atoms with Gasteiger partial charge in [-0.25, -0.2) is 0 Å². The van der Waals surface area contributed by atoms with Crippen molar-refractivity contribution in [2.75, 3.05) is 13.2 Å². The Morgan fingerprint density at radius 3 is 2.47 bits per heavy atom. The van der Waals surface area contributed by atoms with Gasteiger partial charge < -0.3 is 10.5 Å². The van der Waals surface area contributed by atoms with E-state index in [0.717, 1.165) is 11.3 Å². The van der Waals surface area contributed by atoms with Crippen LogP contribution in [0.1, 0.15) is 21.5 Å². The molecule has 2 rings (SSSR count). The predicted molar refractivity (Wildman–Crippen MR) is 75.6 cm³/mol. The van der Waals surface area contributed by atoms with Crippen LogP contribution in [0.15, 0.2) is 48.5 Å². The fourth-order valence-electron chi connectivity index (χ4n) is 1.83. The van der Waals surface area contributed by atoms with Crippen molar-refractivity contribution >= 4 is 5.78 Å². The van der Waals surface area contributed by atoms with Gasteiger partial charge in [-0.05, 0) is 37.3 Å². The molecule has 19 heavy (non-hydrogen) atoms. The molecule has 98 valence electrons. The number of aryl methyl sites for hydroxylation is 1. The lowest BCUT2D eigenvalue weighted by Crippen LogP contribution is -2.10. The number of hydrogen-bond acceptors (Lipinski definition) is 3. The molecule has 2 aromatic carbocycles. The Morgan fingerprint density at radius 1 is 1.11 bits per heavy atom. The Kier molecular flexibility index (Phi) is 4.31. The molecule has 0 saturated carbocycles. The van der Waals surface area contributed by atoms with E-state index in [1.165, 1.54) is 0 Å². The summed E-state index contributed by atoms with van der Waals surface area (Å²) >= 11 is 0. The summed E-state index contributed by atoms with van der Waals surface area (Å²) in [5.74, 6) is 0.750. The summed E-state index contributed by atoms with van der Waals surface area (Å²) in [6.45, 7) is 2.93. The van der Waals surface area contributed by atoms with Gasteiger partial charge in [0, 0.05) is 17.7 Å². The first-order chi connectivity index (χ1) is 9.20. The maximum absolute atomic E-state index is 12.3. The van der Waals surface area contributed by atoms with Crippen LogP contribution in [-0.4, -0.2) is 18.9 Å². The van der Waals surface area contributed by atoms with Crippen LogP contribution in [0.25, 0.3) is 0 Å². The van der Waals surface area contributed by atoms with Crippen molar-refractivity contribution in [3.05, 3.63) is 65.2 Å². The molecule has 0 aromatic heterocycles. The Morgan fingerprint density at radius 2 is 1.84 bits per heavy atom. The Hall–Kier alpha value is -2.13. The summed E-state index contributed by atoms with van der Waals surface area (Å²) in [6.07, 6.45) is 0. The van der Waals surface area contributed by atoms with E-state index in [0.29, 0.717) is 24.3 Å². The van der Waals surface area contributed by atoms with Crippen LogP contribution in [0.5, 0.6) is 5.75 Å². The lowest BCUT2D eigenvalue weighted by Gasteiger charge is -2.06. The second-order valence-electron chi connectivity index (χ2n) is 4.36. The number of hydrogen-bond donors (Lipinski definition) is 1. The fourth-order valence-corrected chi connectivity index (χ4v) is 1.83.